The highest BCUT2D eigenvalue weighted by atomic mass is 16.4. The molecule has 0 radical (unpaired) electrons. The molecule has 4 heteroatoms. The molecule has 1 heterocycles. The summed E-state index contributed by atoms with van der Waals surface area (Å²) in [6, 6.07) is 29.4. The number of hydrogen-bond acceptors (Lipinski definition) is 3. The van der Waals surface area contributed by atoms with Crippen LogP contribution in [-0.2, 0) is 4.79 Å². The van der Waals surface area contributed by atoms with Crippen LogP contribution >= 0.6 is 0 Å². The summed E-state index contributed by atoms with van der Waals surface area (Å²) in [5.74, 6) is 5.70. The first kappa shape index (κ1) is 21.8. The van der Waals surface area contributed by atoms with Crippen molar-refractivity contribution in [2.24, 2.45) is 0 Å². The first-order valence-corrected chi connectivity index (χ1v) is 11.0. The fourth-order valence-electron chi connectivity index (χ4n) is 4.33. The van der Waals surface area contributed by atoms with Crippen LogP contribution in [0.5, 0.6) is 0 Å². The van der Waals surface area contributed by atoms with E-state index >= 15 is 0 Å². The molecule has 0 saturated carbocycles. The molecule has 1 fully saturated rings. The predicted molar refractivity (Wildman–Crippen MR) is 127 cm³/mol. The molecule has 32 heavy (non-hydrogen) atoms. The Balaban J connectivity index is 1.57. The molecular weight excluding hydrogens is 396 g/mol. The zero-order valence-corrected chi connectivity index (χ0v) is 18.3. The van der Waals surface area contributed by atoms with Gasteiger partial charge in [-0.3, -0.25) is 14.6 Å². The van der Waals surface area contributed by atoms with Crippen molar-refractivity contribution in [3.8, 4) is 11.8 Å². The van der Waals surface area contributed by atoms with Gasteiger partial charge in [0.2, 0.25) is 0 Å². The van der Waals surface area contributed by atoms with Crippen molar-refractivity contribution in [3.05, 3.63) is 107 Å². The Labute approximate surface area is 190 Å². The molecule has 1 aliphatic heterocycles. The zero-order valence-electron chi connectivity index (χ0n) is 18.3. The summed E-state index contributed by atoms with van der Waals surface area (Å²) in [4.78, 5) is 15.7. The van der Waals surface area contributed by atoms with Gasteiger partial charge in [-0.25, -0.2) is 0 Å². The van der Waals surface area contributed by atoms with E-state index in [-0.39, 0.29) is 18.6 Å². The Kier molecular flexibility index (Phi) is 7.01. The molecular formula is C28H28N2O2. The lowest BCUT2D eigenvalue weighted by atomic mass is 9.95. The third-order valence-electron chi connectivity index (χ3n) is 5.97. The van der Waals surface area contributed by atoms with Crippen LogP contribution < -0.4 is 0 Å². The topological polar surface area (TPSA) is 43.8 Å². The lowest BCUT2D eigenvalue weighted by Crippen LogP contribution is -2.54. The summed E-state index contributed by atoms with van der Waals surface area (Å²) >= 11 is 0. The highest BCUT2D eigenvalue weighted by molar-refractivity contribution is 5.69. The van der Waals surface area contributed by atoms with Gasteiger partial charge in [0, 0.05) is 36.8 Å². The zero-order chi connectivity index (χ0) is 22.3. The van der Waals surface area contributed by atoms with Crippen molar-refractivity contribution in [3.63, 3.8) is 0 Å². The van der Waals surface area contributed by atoms with Gasteiger partial charge in [-0.05, 0) is 42.3 Å². The molecule has 0 amide bonds. The maximum absolute atomic E-state index is 11.2. The van der Waals surface area contributed by atoms with Gasteiger partial charge >= 0.3 is 5.97 Å². The van der Waals surface area contributed by atoms with Gasteiger partial charge in [0.05, 0.1) is 12.6 Å². The minimum absolute atomic E-state index is 0.0970. The first-order valence-electron chi connectivity index (χ1n) is 11.0. The van der Waals surface area contributed by atoms with Crippen molar-refractivity contribution in [1.29, 1.82) is 0 Å². The number of carboxylic acids is 1. The third kappa shape index (κ3) is 5.45. The average Bonchev–Trinajstić information content (AvgIpc) is 2.82. The van der Waals surface area contributed by atoms with Crippen LogP contribution in [-0.4, -0.2) is 53.1 Å². The number of benzene rings is 3. The molecule has 0 aliphatic carbocycles. The summed E-state index contributed by atoms with van der Waals surface area (Å²) < 4.78 is 0. The molecule has 4 nitrogen and oxygen atoms in total. The summed E-state index contributed by atoms with van der Waals surface area (Å²) in [6.07, 6.45) is 0. The van der Waals surface area contributed by atoms with Crippen molar-refractivity contribution >= 4 is 5.97 Å². The van der Waals surface area contributed by atoms with Crippen LogP contribution in [0, 0.1) is 11.8 Å². The molecule has 0 unspecified atom stereocenters. The minimum atomic E-state index is -0.767. The van der Waals surface area contributed by atoms with E-state index in [0.29, 0.717) is 0 Å². The Bertz CT molecular complexity index is 1090. The highest BCUT2D eigenvalue weighted by Gasteiger charge is 2.30. The number of carbonyl (C=O) groups is 1. The molecule has 0 spiro atoms. The SMILES string of the molecule is C[C@@H]1CN([C@@H](c2ccccc2)c2ccc(C#Cc3ccccc3)cc2)CCN1CC(=O)O. The number of aliphatic carboxylic acids is 1. The van der Waals surface area contributed by atoms with Crippen molar-refractivity contribution < 1.29 is 9.90 Å². The van der Waals surface area contributed by atoms with Crippen molar-refractivity contribution in [2.75, 3.05) is 26.2 Å². The summed E-state index contributed by atoms with van der Waals surface area (Å²) in [6.45, 7) is 4.60. The molecule has 2 atom stereocenters. The Hall–Kier alpha value is -3.39. The quantitative estimate of drug-likeness (QED) is 0.622. The third-order valence-corrected chi connectivity index (χ3v) is 5.97. The van der Waals surface area contributed by atoms with Gasteiger partial charge in [-0.15, -0.1) is 0 Å². The van der Waals surface area contributed by atoms with Gasteiger partial charge in [0.1, 0.15) is 0 Å². The van der Waals surface area contributed by atoms with E-state index < -0.39 is 5.97 Å². The predicted octanol–water partition coefficient (Wildman–Crippen LogP) is 4.27. The van der Waals surface area contributed by atoms with E-state index in [2.05, 4.69) is 72.2 Å². The number of nitrogens with zero attached hydrogens (tertiary/aromatic N) is 2. The van der Waals surface area contributed by atoms with Crippen LogP contribution in [0.1, 0.15) is 35.2 Å². The fraction of sp³-hybridized carbons (Fsp3) is 0.250. The van der Waals surface area contributed by atoms with Crippen LogP contribution in [0.2, 0.25) is 0 Å². The van der Waals surface area contributed by atoms with E-state index in [0.717, 1.165) is 30.8 Å². The number of hydrogen-bond donors (Lipinski definition) is 1. The maximum Gasteiger partial charge on any atom is 0.317 e. The highest BCUT2D eigenvalue weighted by Crippen LogP contribution is 2.30. The lowest BCUT2D eigenvalue weighted by molar-refractivity contribution is -0.139. The molecule has 0 bridgehead atoms. The molecule has 1 aliphatic rings. The summed E-state index contributed by atoms with van der Waals surface area (Å²) in [7, 11) is 0. The molecule has 1 saturated heterocycles. The Morgan fingerprint density at radius 1 is 0.875 bits per heavy atom. The molecule has 0 aromatic heterocycles. The van der Waals surface area contributed by atoms with E-state index in [1.807, 2.05) is 41.3 Å². The first-order chi connectivity index (χ1) is 15.6. The van der Waals surface area contributed by atoms with E-state index in [1.165, 1.54) is 11.1 Å². The van der Waals surface area contributed by atoms with Crippen LogP contribution in [0.3, 0.4) is 0 Å². The Morgan fingerprint density at radius 3 is 2.03 bits per heavy atom. The van der Waals surface area contributed by atoms with Crippen molar-refractivity contribution in [2.45, 2.75) is 19.0 Å². The molecule has 4 rings (SSSR count). The minimum Gasteiger partial charge on any atom is -0.480 e. The largest absolute Gasteiger partial charge is 0.480 e. The van der Waals surface area contributed by atoms with Gasteiger partial charge in [0.25, 0.3) is 0 Å². The van der Waals surface area contributed by atoms with Gasteiger partial charge in [-0.2, -0.15) is 0 Å². The smallest absolute Gasteiger partial charge is 0.317 e. The second kappa shape index (κ2) is 10.3. The average molecular weight is 425 g/mol. The second-order valence-corrected chi connectivity index (χ2v) is 8.26. The standard InChI is InChI=1S/C28H28N2O2/c1-22-20-30(19-18-29(22)21-27(31)32)28(25-10-6-3-7-11-25)26-16-14-24(15-17-26)13-12-23-8-4-2-5-9-23/h2-11,14-17,22,28H,18-21H2,1H3,(H,31,32)/t22-,28+/m1/s1. The fourth-order valence-corrected chi connectivity index (χ4v) is 4.33. The number of rotatable bonds is 5. The summed E-state index contributed by atoms with van der Waals surface area (Å²) in [5.41, 5.74) is 4.46. The van der Waals surface area contributed by atoms with Crippen LogP contribution in [0.15, 0.2) is 84.9 Å². The molecule has 1 N–H and O–H groups in total. The van der Waals surface area contributed by atoms with Gasteiger partial charge < -0.3 is 5.11 Å². The van der Waals surface area contributed by atoms with Crippen molar-refractivity contribution in [1.82, 2.24) is 9.80 Å². The van der Waals surface area contributed by atoms with Crippen LogP contribution in [0.25, 0.3) is 0 Å². The molecule has 3 aromatic rings. The van der Waals surface area contributed by atoms with Gasteiger partial charge in [0.15, 0.2) is 0 Å². The second-order valence-electron chi connectivity index (χ2n) is 8.26. The van der Waals surface area contributed by atoms with E-state index in [9.17, 15) is 9.90 Å². The monoisotopic (exact) mass is 424 g/mol. The van der Waals surface area contributed by atoms with E-state index in [4.69, 9.17) is 0 Å². The number of piperazine rings is 1. The van der Waals surface area contributed by atoms with E-state index in [1.54, 1.807) is 0 Å². The number of carboxylic acid groups (broad SMARTS) is 1. The normalized spacial score (nSPS) is 17.8. The van der Waals surface area contributed by atoms with Crippen LogP contribution in [0.4, 0.5) is 0 Å². The maximum atomic E-state index is 11.2. The summed E-state index contributed by atoms with van der Waals surface area (Å²) in [5, 5.41) is 9.19. The molecule has 3 aromatic carbocycles. The molecule has 162 valence electrons. The Morgan fingerprint density at radius 2 is 1.44 bits per heavy atom. The lowest BCUT2D eigenvalue weighted by Gasteiger charge is -2.43. The van der Waals surface area contributed by atoms with Gasteiger partial charge in [-0.1, -0.05) is 72.5 Å².